The fraction of sp³-hybridized carbons (Fsp3) is 0.529. The van der Waals surface area contributed by atoms with Crippen LogP contribution in [0.5, 0.6) is 0 Å². The molecule has 0 heterocycles. The van der Waals surface area contributed by atoms with Crippen LogP contribution in [0.25, 0.3) is 0 Å². The second kappa shape index (κ2) is 8.89. The van der Waals surface area contributed by atoms with E-state index in [4.69, 9.17) is 5.84 Å². The Morgan fingerprint density at radius 3 is 2.26 bits per heavy atom. The van der Waals surface area contributed by atoms with Gasteiger partial charge in [-0.05, 0) is 36.3 Å². The van der Waals surface area contributed by atoms with Crippen molar-refractivity contribution in [3.63, 3.8) is 0 Å². The van der Waals surface area contributed by atoms with Gasteiger partial charge in [-0.15, -0.1) is 6.58 Å². The Balaban J connectivity index is 2.47. The van der Waals surface area contributed by atoms with Crippen LogP contribution in [0.3, 0.4) is 0 Å². The minimum atomic E-state index is 0.268. The largest absolute Gasteiger partial charge is 0.271 e. The van der Waals surface area contributed by atoms with E-state index in [0.717, 1.165) is 12.8 Å². The average Bonchev–Trinajstić information content (AvgIpc) is 2.43. The van der Waals surface area contributed by atoms with E-state index in [2.05, 4.69) is 50.1 Å². The highest BCUT2D eigenvalue weighted by atomic mass is 15.2. The standard InChI is InChI=1S/C17H28N2/c1-4-5-6-7-8-9-17(19-18)16-12-10-15(11-13-16)14(2)3/h4,10-14,17,19H,1,5-9,18H2,2-3H3. The highest BCUT2D eigenvalue weighted by Gasteiger charge is 2.09. The molecule has 1 unspecified atom stereocenters. The van der Waals surface area contributed by atoms with Crippen LogP contribution in [-0.4, -0.2) is 0 Å². The van der Waals surface area contributed by atoms with Crippen LogP contribution in [0.1, 0.15) is 69.0 Å². The summed E-state index contributed by atoms with van der Waals surface area (Å²) in [5.41, 5.74) is 5.61. The summed E-state index contributed by atoms with van der Waals surface area (Å²) in [5, 5.41) is 0. The highest BCUT2D eigenvalue weighted by molar-refractivity contribution is 5.26. The first-order valence-electron chi connectivity index (χ1n) is 7.36. The van der Waals surface area contributed by atoms with Crippen molar-refractivity contribution >= 4 is 0 Å². The smallest absolute Gasteiger partial charge is 0.0460 e. The summed E-state index contributed by atoms with van der Waals surface area (Å²) in [7, 11) is 0. The zero-order chi connectivity index (χ0) is 14.1. The first kappa shape index (κ1) is 15.9. The van der Waals surface area contributed by atoms with Gasteiger partial charge in [0.2, 0.25) is 0 Å². The molecule has 0 bridgehead atoms. The van der Waals surface area contributed by atoms with Crippen molar-refractivity contribution in [2.24, 2.45) is 5.84 Å². The molecule has 3 N–H and O–H groups in total. The van der Waals surface area contributed by atoms with Crippen molar-refractivity contribution in [3.8, 4) is 0 Å². The summed E-state index contributed by atoms with van der Waals surface area (Å²) in [5.74, 6) is 6.26. The number of rotatable bonds is 9. The van der Waals surface area contributed by atoms with Crippen LogP contribution in [0.15, 0.2) is 36.9 Å². The number of benzene rings is 1. The van der Waals surface area contributed by atoms with Crippen LogP contribution in [0.4, 0.5) is 0 Å². The average molecular weight is 260 g/mol. The molecule has 1 aromatic carbocycles. The van der Waals surface area contributed by atoms with Crippen LogP contribution < -0.4 is 11.3 Å². The molecule has 0 saturated carbocycles. The van der Waals surface area contributed by atoms with Gasteiger partial charge in [0.1, 0.15) is 0 Å². The number of nitrogens with two attached hydrogens (primary N) is 1. The summed E-state index contributed by atoms with van der Waals surface area (Å²) in [6, 6.07) is 9.09. The molecular formula is C17H28N2. The van der Waals surface area contributed by atoms with Crippen molar-refractivity contribution in [3.05, 3.63) is 48.0 Å². The maximum atomic E-state index is 5.68. The summed E-state index contributed by atoms with van der Waals surface area (Å²) < 4.78 is 0. The molecule has 1 rings (SSSR count). The minimum absolute atomic E-state index is 0.268. The van der Waals surface area contributed by atoms with Gasteiger partial charge in [0.15, 0.2) is 0 Å². The predicted octanol–water partition coefficient (Wildman–Crippen LogP) is 4.45. The lowest BCUT2D eigenvalue weighted by atomic mass is 9.96. The Kier molecular flexibility index (Phi) is 7.46. The lowest BCUT2D eigenvalue weighted by Gasteiger charge is -2.17. The number of unbranched alkanes of at least 4 members (excludes halogenated alkanes) is 3. The molecule has 0 aliphatic heterocycles. The van der Waals surface area contributed by atoms with Gasteiger partial charge in [-0.2, -0.15) is 0 Å². The van der Waals surface area contributed by atoms with Crippen molar-refractivity contribution < 1.29 is 0 Å². The van der Waals surface area contributed by atoms with E-state index in [9.17, 15) is 0 Å². The molecule has 19 heavy (non-hydrogen) atoms. The molecule has 2 heteroatoms. The molecule has 2 nitrogen and oxygen atoms in total. The normalized spacial score (nSPS) is 12.6. The summed E-state index contributed by atoms with van der Waals surface area (Å²) >= 11 is 0. The molecule has 106 valence electrons. The van der Waals surface area contributed by atoms with Gasteiger partial charge >= 0.3 is 0 Å². The Hall–Kier alpha value is -1.12. The maximum Gasteiger partial charge on any atom is 0.0460 e. The SMILES string of the molecule is C=CCCCCCC(NN)c1ccc(C(C)C)cc1. The third kappa shape index (κ3) is 5.58. The van der Waals surface area contributed by atoms with Gasteiger partial charge in [-0.3, -0.25) is 11.3 Å². The topological polar surface area (TPSA) is 38.0 Å². The van der Waals surface area contributed by atoms with E-state index < -0.39 is 0 Å². The van der Waals surface area contributed by atoms with Crippen LogP contribution in [0, 0.1) is 0 Å². The fourth-order valence-electron chi connectivity index (χ4n) is 2.27. The summed E-state index contributed by atoms with van der Waals surface area (Å²) in [6.07, 6.45) is 7.87. The zero-order valence-corrected chi connectivity index (χ0v) is 12.4. The van der Waals surface area contributed by atoms with Crippen LogP contribution >= 0.6 is 0 Å². The number of hydrogen-bond acceptors (Lipinski definition) is 2. The molecular weight excluding hydrogens is 232 g/mol. The lowest BCUT2D eigenvalue weighted by molar-refractivity contribution is 0.484. The van der Waals surface area contributed by atoms with Gasteiger partial charge < -0.3 is 0 Å². The Bertz CT molecular complexity index is 354. The quantitative estimate of drug-likeness (QED) is 0.298. The number of nitrogens with one attached hydrogen (secondary N) is 1. The number of hydrazine groups is 1. The maximum absolute atomic E-state index is 5.68. The molecule has 0 aromatic heterocycles. The van der Waals surface area contributed by atoms with Crippen LogP contribution in [-0.2, 0) is 0 Å². The first-order chi connectivity index (χ1) is 9.19. The molecule has 0 fully saturated rings. The van der Waals surface area contributed by atoms with Crippen molar-refractivity contribution in [1.82, 2.24) is 5.43 Å². The van der Waals surface area contributed by atoms with Crippen molar-refractivity contribution in [2.45, 2.75) is 57.9 Å². The summed E-state index contributed by atoms with van der Waals surface area (Å²) in [4.78, 5) is 0. The molecule has 1 aromatic rings. The van der Waals surface area contributed by atoms with Crippen molar-refractivity contribution in [2.75, 3.05) is 0 Å². The van der Waals surface area contributed by atoms with Gasteiger partial charge in [0, 0.05) is 6.04 Å². The highest BCUT2D eigenvalue weighted by Crippen LogP contribution is 2.22. The van der Waals surface area contributed by atoms with Crippen molar-refractivity contribution in [1.29, 1.82) is 0 Å². The Morgan fingerprint density at radius 2 is 1.74 bits per heavy atom. The molecule has 0 spiro atoms. The zero-order valence-electron chi connectivity index (χ0n) is 12.4. The second-order valence-corrected chi connectivity index (χ2v) is 5.47. The number of allylic oxidation sites excluding steroid dienone is 1. The van der Waals surface area contributed by atoms with E-state index in [1.54, 1.807) is 0 Å². The van der Waals surface area contributed by atoms with Gasteiger partial charge in [0.05, 0.1) is 0 Å². The van der Waals surface area contributed by atoms with E-state index in [1.807, 2.05) is 6.08 Å². The molecule has 0 amide bonds. The molecule has 0 saturated heterocycles. The van der Waals surface area contributed by atoms with E-state index in [1.165, 1.54) is 30.4 Å². The third-order valence-corrected chi connectivity index (χ3v) is 3.61. The molecule has 0 aliphatic carbocycles. The second-order valence-electron chi connectivity index (χ2n) is 5.47. The monoisotopic (exact) mass is 260 g/mol. The fourth-order valence-corrected chi connectivity index (χ4v) is 2.27. The summed E-state index contributed by atoms with van der Waals surface area (Å²) in [6.45, 7) is 8.18. The van der Waals surface area contributed by atoms with Crippen LogP contribution in [0.2, 0.25) is 0 Å². The Morgan fingerprint density at radius 1 is 1.11 bits per heavy atom. The minimum Gasteiger partial charge on any atom is -0.271 e. The van der Waals surface area contributed by atoms with E-state index in [-0.39, 0.29) is 6.04 Å². The van der Waals surface area contributed by atoms with E-state index >= 15 is 0 Å². The third-order valence-electron chi connectivity index (χ3n) is 3.61. The van der Waals surface area contributed by atoms with Gasteiger partial charge in [-0.1, -0.05) is 57.0 Å². The van der Waals surface area contributed by atoms with Gasteiger partial charge in [0.25, 0.3) is 0 Å². The Labute approximate surface area is 118 Å². The first-order valence-corrected chi connectivity index (χ1v) is 7.36. The number of hydrogen-bond donors (Lipinski definition) is 2. The molecule has 0 aliphatic rings. The van der Waals surface area contributed by atoms with E-state index in [0.29, 0.717) is 5.92 Å². The lowest BCUT2D eigenvalue weighted by Crippen LogP contribution is -2.28. The molecule has 1 atom stereocenters. The van der Waals surface area contributed by atoms with Gasteiger partial charge in [-0.25, -0.2) is 0 Å². The molecule has 0 radical (unpaired) electrons. The predicted molar refractivity (Wildman–Crippen MR) is 83.9 cm³/mol.